The van der Waals surface area contributed by atoms with E-state index in [4.69, 9.17) is 4.42 Å². The number of hydrogen-bond donors (Lipinski definition) is 0. The van der Waals surface area contributed by atoms with Crippen LogP contribution in [0.4, 0.5) is 17.1 Å². The number of hydrogen-bond acceptors (Lipinski definition) is 2. The molecule has 3 heteroatoms. The van der Waals surface area contributed by atoms with E-state index in [1.165, 1.54) is 88.3 Å². The normalized spacial score (nSPS) is 14.3. The molecular formula is C71H44N2O. The van der Waals surface area contributed by atoms with Crippen LogP contribution in [0.2, 0.25) is 0 Å². The Hall–Kier alpha value is -9.70. The SMILES string of the molecule is c1ccc(-c2cccc3ccccc23)c(-c2ccccc2N(c2ccc3c(c2)C2(c4ccccc4-3)c3ccccc3-n3c4ccccc4c4cccc2c43)c2ccccc2-c2ccc3oc4ccccc4c3c2)c1. The van der Waals surface area contributed by atoms with E-state index in [1.54, 1.807) is 0 Å². The highest BCUT2D eigenvalue weighted by atomic mass is 16.3. The summed E-state index contributed by atoms with van der Waals surface area (Å²) in [4.78, 5) is 2.53. The van der Waals surface area contributed by atoms with Crippen LogP contribution in [0, 0.1) is 0 Å². The van der Waals surface area contributed by atoms with Gasteiger partial charge in [-0.25, -0.2) is 0 Å². The van der Waals surface area contributed by atoms with E-state index in [2.05, 4.69) is 270 Å². The Morgan fingerprint density at radius 3 is 1.76 bits per heavy atom. The summed E-state index contributed by atoms with van der Waals surface area (Å²) in [7, 11) is 0. The quantitative estimate of drug-likeness (QED) is 0.166. The number of benzene rings is 12. The smallest absolute Gasteiger partial charge is 0.135 e. The fraction of sp³-hybridized carbons (Fsp3) is 0.0141. The monoisotopic (exact) mass is 940 g/mol. The lowest BCUT2D eigenvalue weighted by molar-refractivity contribution is 0.669. The summed E-state index contributed by atoms with van der Waals surface area (Å²) >= 11 is 0. The van der Waals surface area contributed by atoms with Crippen LogP contribution in [-0.2, 0) is 5.41 Å². The van der Waals surface area contributed by atoms with Crippen molar-refractivity contribution < 1.29 is 4.42 Å². The van der Waals surface area contributed by atoms with Crippen LogP contribution in [-0.4, -0.2) is 4.57 Å². The molecule has 0 fully saturated rings. The lowest BCUT2D eigenvalue weighted by Crippen LogP contribution is -2.33. The molecule has 344 valence electrons. The fourth-order valence-corrected chi connectivity index (χ4v) is 13.2. The molecule has 1 aliphatic carbocycles. The van der Waals surface area contributed by atoms with E-state index >= 15 is 0 Å². The first-order valence-electron chi connectivity index (χ1n) is 25.6. The number of rotatable bonds is 6. The van der Waals surface area contributed by atoms with Crippen molar-refractivity contribution in [2.24, 2.45) is 0 Å². The molecule has 14 aromatic rings. The van der Waals surface area contributed by atoms with Gasteiger partial charge in [0.15, 0.2) is 0 Å². The van der Waals surface area contributed by atoms with Crippen LogP contribution in [0.5, 0.6) is 0 Å². The topological polar surface area (TPSA) is 21.3 Å². The van der Waals surface area contributed by atoms with Crippen LogP contribution in [0.1, 0.15) is 22.3 Å². The maximum Gasteiger partial charge on any atom is 0.135 e. The van der Waals surface area contributed by atoms with Crippen LogP contribution < -0.4 is 4.90 Å². The predicted molar refractivity (Wildman–Crippen MR) is 307 cm³/mol. The van der Waals surface area contributed by atoms with E-state index in [9.17, 15) is 0 Å². The molecule has 16 rings (SSSR count). The Balaban J connectivity index is 0.993. The maximum absolute atomic E-state index is 6.40. The highest BCUT2D eigenvalue weighted by molar-refractivity contribution is 6.13. The zero-order valence-electron chi connectivity index (χ0n) is 40.2. The third kappa shape index (κ3) is 5.61. The second-order valence-corrected chi connectivity index (χ2v) is 19.8. The predicted octanol–water partition coefficient (Wildman–Crippen LogP) is 19.0. The Bertz CT molecular complexity index is 4640. The first-order chi connectivity index (χ1) is 36.7. The largest absolute Gasteiger partial charge is 0.456 e. The molecule has 2 aliphatic rings. The van der Waals surface area contributed by atoms with Crippen molar-refractivity contribution in [3.63, 3.8) is 0 Å². The molecule has 1 unspecified atom stereocenters. The van der Waals surface area contributed by atoms with Gasteiger partial charge < -0.3 is 13.9 Å². The van der Waals surface area contributed by atoms with Gasteiger partial charge in [0.2, 0.25) is 0 Å². The second-order valence-electron chi connectivity index (χ2n) is 19.8. The molecule has 0 saturated carbocycles. The number of para-hydroxylation sites is 6. The molecule has 1 aliphatic heterocycles. The van der Waals surface area contributed by atoms with Gasteiger partial charge in [0, 0.05) is 38.4 Å². The Morgan fingerprint density at radius 1 is 0.324 bits per heavy atom. The van der Waals surface area contributed by atoms with E-state index in [0.717, 1.165) is 55.7 Å². The third-order valence-corrected chi connectivity index (χ3v) is 16.2. The number of nitrogens with zero attached hydrogens (tertiary/aromatic N) is 2. The molecule has 0 amide bonds. The van der Waals surface area contributed by atoms with Crippen molar-refractivity contribution in [1.82, 2.24) is 4.57 Å². The zero-order valence-corrected chi connectivity index (χ0v) is 40.2. The summed E-state index contributed by atoms with van der Waals surface area (Å²) in [6, 6.07) is 98.7. The van der Waals surface area contributed by atoms with Gasteiger partial charge in [-0.3, -0.25) is 0 Å². The summed E-state index contributed by atoms with van der Waals surface area (Å²) in [5, 5.41) is 7.20. The van der Waals surface area contributed by atoms with Crippen LogP contribution in [0.3, 0.4) is 0 Å². The van der Waals surface area contributed by atoms with Gasteiger partial charge in [0.05, 0.1) is 33.5 Å². The molecule has 74 heavy (non-hydrogen) atoms. The lowest BCUT2D eigenvalue weighted by atomic mass is 9.65. The van der Waals surface area contributed by atoms with Crippen molar-refractivity contribution in [1.29, 1.82) is 0 Å². The average molecular weight is 941 g/mol. The standard InChI is InChI=1S/C71H44N2O/c1-2-21-48-45(19-1)20-17-29-50(48)51-23-3-4-24-52(51)55-26-7-13-35-65(55)72(64-34-12-6-22-49(64)46-39-42-69-59(43-46)57-28-9-16-38-68(57)74-69)47-40-41-54-53-25-5-10-31-60(53)71(63(54)44-47)61-32-11-15-37-67(61)73-66-36-14-8-27-56(66)58-30-18-33-62(71)70(58)73/h1-44H. The van der Waals surface area contributed by atoms with Crippen LogP contribution >= 0.6 is 0 Å². The van der Waals surface area contributed by atoms with Crippen LogP contribution in [0.25, 0.3) is 105 Å². The summed E-state index contributed by atoms with van der Waals surface area (Å²) in [6.07, 6.45) is 0. The molecule has 12 aromatic carbocycles. The average Bonchev–Trinajstić information content (AvgIpc) is 4.12. The van der Waals surface area contributed by atoms with Gasteiger partial charge in [-0.2, -0.15) is 0 Å². The number of furan rings is 1. The van der Waals surface area contributed by atoms with Gasteiger partial charge >= 0.3 is 0 Å². The molecule has 2 aromatic heterocycles. The van der Waals surface area contributed by atoms with E-state index in [1.807, 2.05) is 6.07 Å². The summed E-state index contributed by atoms with van der Waals surface area (Å²) in [6.45, 7) is 0. The Morgan fingerprint density at radius 2 is 0.892 bits per heavy atom. The van der Waals surface area contributed by atoms with E-state index < -0.39 is 5.41 Å². The molecule has 0 radical (unpaired) electrons. The summed E-state index contributed by atoms with van der Waals surface area (Å²) in [5.74, 6) is 0. The minimum absolute atomic E-state index is 0.624. The minimum Gasteiger partial charge on any atom is -0.456 e. The molecule has 3 heterocycles. The first-order valence-corrected chi connectivity index (χ1v) is 25.6. The molecule has 1 atom stereocenters. The molecule has 3 nitrogen and oxygen atoms in total. The molecule has 0 N–H and O–H groups in total. The fourth-order valence-electron chi connectivity index (χ4n) is 13.2. The van der Waals surface area contributed by atoms with Gasteiger partial charge in [-0.1, -0.05) is 212 Å². The maximum atomic E-state index is 6.40. The summed E-state index contributed by atoms with van der Waals surface area (Å²) in [5.41, 5.74) is 22.7. The molecule has 0 bridgehead atoms. The van der Waals surface area contributed by atoms with Crippen molar-refractivity contribution >= 4 is 71.6 Å². The Kier molecular flexibility index (Phi) is 8.66. The van der Waals surface area contributed by atoms with Gasteiger partial charge in [0.25, 0.3) is 0 Å². The van der Waals surface area contributed by atoms with Crippen molar-refractivity contribution in [3.8, 4) is 50.2 Å². The van der Waals surface area contributed by atoms with Crippen molar-refractivity contribution in [2.45, 2.75) is 5.41 Å². The number of fused-ring (bicyclic) bond motifs is 16. The second kappa shape index (κ2) is 15.6. The van der Waals surface area contributed by atoms with Crippen molar-refractivity contribution in [3.05, 3.63) is 289 Å². The van der Waals surface area contributed by atoms with Crippen molar-refractivity contribution in [2.75, 3.05) is 4.90 Å². The number of aromatic nitrogens is 1. The number of anilines is 3. The van der Waals surface area contributed by atoms with Gasteiger partial charge in [-0.05, 0) is 121 Å². The third-order valence-electron chi connectivity index (χ3n) is 16.2. The highest BCUT2D eigenvalue weighted by Gasteiger charge is 2.51. The zero-order chi connectivity index (χ0) is 48.5. The molecule has 1 spiro atoms. The molecule has 0 saturated heterocycles. The summed E-state index contributed by atoms with van der Waals surface area (Å²) < 4.78 is 8.92. The van der Waals surface area contributed by atoms with E-state index in [0.29, 0.717) is 0 Å². The molecular weight excluding hydrogens is 897 g/mol. The van der Waals surface area contributed by atoms with Crippen LogP contribution in [0.15, 0.2) is 271 Å². The highest BCUT2D eigenvalue weighted by Crippen LogP contribution is 2.62. The Labute approximate surface area is 428 Å². The lowest BCUT2D eigenvalue weighted by Gasteiger charge is -2.40. The first kappa shape index (κ1) is 41.0. The minimum atomic E-state index is -0.624. The van der Waals surface area contributed by atoms with Gasteiger partial charge in [0.1, 0.15) is 11.2 Å². The van der Waals surface area contributed by atoms with Gasteiger partial charge in [-0.15, -0.1) is 0 Å². The van der Waals surface area contributed by atoms with E-state index in [-0.39, 0.29) is 0 Å².